The van der Waals surface area contributed by atoms with Crippen molar-refractivity contribution in [1.82, 2.24) is 29.9 Å². The van der Waals surface area contributed by atoms with Gasteiger partial charge < -0.3 is 0 Å². The quantitative estimate of drug-likeness (QED) is 0.158. The van der Waals surface area contributed by atoms with E-state index < -0.39 is 5.41 Å². The van der Waals surface area contributed by atoms with Crippen LogP contribution in [-0.4, -0.2) is 29.9 Å². The van der Waals surface area contributed by atoms with Gasteiger partial charge in [0.15, 0.2) is 17.5 Å². The molecule has 5 heterocycles. The number of pyridine rings is 3. The van der Waals surface area contributed by atoms with Crippen LogP contribution in [0.5, 0.6) is 0 Å². The van der Waals surface area contributed by atoms with E-state index in [-0.39, 0.29) is 0 Å². The fourth-order valence-electron chi connectivity index (χ4n) is 10.2. The minimum atomic E-state index is -0.595. The molecule has 13 rings (SSSR count). The van der Waals surface area contributed by atoms with Gasteiger partial charge in [-0.3, -0.25) is 9.97 Å². The maximum atomic E-state index is 5.18. The standard InChI is InChI=1S/C61H38N6S/c1-3-17-40(18-4-1)58-65-59(41-19-5-2-6-20-41)67-60(66-58)42-33-31-39(32-34-42)44-21-15-25-48-56(44)57-45(43-37-52(50-27-11-13-35-62-50)64-53(38-43)51-28-12-14-36-63-51)22-16-26-49(57)61(48)46-23-7-9-29-54(46)68-55-30-10-8-24-47(55)61/h1-38H. The zero-order valence-corrected chi connectivity index (χ0v) is 37.3. The first-order chi connectivity index (χ1) is 33.7. The molecule has 0 unspecified atom stereocenters. The average molecular weight is 887 g/mol. The number of benzene rings is 7. The summed E-state index contributed by atoms with van der Waals surface area (Å²) in [4.78, 5) is 32.3. The van der Waals surface area contributed by atoms with Crippen LogP contribution in [0.3, 0.4) is 0 Å². The largest absolute Gasteiger partial charge is 0.255 e. The molecule has 0 saturated heterocycles. The number of hydrogen-bond acceptors (Lipinski definition) is 7. The maximum Gasteiger partial charge on any atom is 0.164 e. The van der Waals surface area contributed by atoms with Crippen molar-refractivity contribution < 1.29 is 0 Å². The molecule has 2 aliphatic rings. The van der Waals surface area contributed by atoms with Crippen LogP contribution in [0.15, 0.2) is 241 Å². The molecule has 0 N–H and O–H groups in total. The minimum absolute atomic E-state index is 0.595. The van der Waals surface area contributed by atoms with Crippen LogP contribution in [-0.2, 0) is 5.41 Å². The smallest absolute Gasteiger partial charge is 0.164 e. The van der Waals surface area contributed by atoms with Gasteiger partial charge in [-0.05, 0) is 104 Å². The molecular formula is C61H38N6S. The molecule has 6 nitrogen and oxygen atoms in total. The van der Waals surface area contributed by atoms with Crippen molar-refractivity contribution in [2.24, 2.45) is 0 Å². The van der Waals surface area contributed by atoms with Crippen molar-refractivity contribution in [3.05, 3.63) is 253 Å². The Morgan fingerprint density at radius 2 is 0.706 bits per heavy atom. The average Bonchev–Trinajstić information content (AvgIpc) is 3.72. The zero-order chi connectivity index (χ0) is 45.0. The lowest BCUT2D eigenvalue weighted by Gasteiger charge is -2.39. The van der Waals surface area contributed by atoms with Crippen LogP contribution in [0.4, 0.5) is 0 Å². The molecular weight excluding hydrogens is 849 g/mol. The molecule has 318 valence electrons. The molecule has 0 radical (unpaired) electrons. The van der Waals surface area contributed by atoms with Crippen molar-refractivity contribution >= 4 is 11.8 Å². The van der Waals surface area contributed by atoms with E-state index in [2.05, 4.69) is 121 Å². The second kappa shape index (κ2) is 16.3. The molecule has 1 aliphatic heterocycles. The molecule has 7 heteroatoms. The second-order valence-corrected chi connectivity index (χ2v) is 18.1. The number of aromatic nitrogens is 6. The molecule has 7 aromatic carbocycles. The topological polar surface area (TPSA) is 77.3 Å². The Bertz CT molecular complexity index is 3530. The van der Waals surface area contributed by atoms with E-state index in [9.17, 15) is 0 Å². The summed E-state index contributed by atoms with van der Waals surface area (Å²) in [6, 6.07) is 76.9. The summed E-state index contributed by atoms with van der Waals surface area (Å²) in [5.41, 5.74) is 17.2. The Morgan fingerprint density at radius 3 is 1.19 bits per heavy atom. The molecule has 0 atom stereocenters. The Kier molecular flexibility index (Phi) is 9.54. The van der Waals surface area contributed by atoms with Crippen LogP contribution < -0.4 is 0 Å². The Morgan fingerprint density at radius 1 is 0.294 bits per heavy atom. The first-order valence-corrected chi connectivity index (χ1v) is 23.5. The van der Waals surface area contributed by atoms with Gasteiger partial charge in [0.05, 0.1) is 28.2 Å². The Balaban J connectivity index is 1.05. The van der Waals surface area contributed by atoms with Crippen LogP contribution in [0, 0.1) is 0 Å². The summed E-state index contributed by atoms with van der Waals surface area (Å²) in [6.45, 7) is 0. The summed E-state index contributed by atoms with van der Waals surface area (Å²) < 4.78 is 0. The van der Waals surface area contributed by atoms with Gasteiger partial charge in [-0.2, -0.15) is 0 Å². The maximum absolute atomic E-state index is 5.18. The van der Waals surface area contributed by atoms with E-state index in [0.717, 1.165) is 61.7 Å². The van der Waals surface area contributed by atoms with E-state index in [1.54, 1.807) is 0 Å². The van der Waals surface area contributed by atoms with Crippen LogP contribution >= 0.6 is 11.8 Å². The molecule has 1 spiro atoms. The SMILES string of the molecule is c1ccc(-c2nc(-c3ccccc3)nc(-c3ccc(-c4cccc5c4-c4c(-c6cc(-c7ccccn7)nc(-c7ccccn7)c6)cccc4C54c5ccccc5Sc5ccccc54)cc3)n2)cc1. The summed E-state index contributed by atoms with van der Waals surface area (Å²) >= 11 is 1.85. The number of nitrogens with zero attached hydrogens (tertiary/aromatic N) is 6. The highest BCUT2D eigenvalue weighted by Gasteiger charge is 2.51. The molecule has 0 bridgehead atoms. The third kappa shape index (κ3) is 6.50. The molecule has 11 aromatic rings. The predicted molar refractivity (Wildman–Crippen MR) is 273 cm³/mol. The lowest BCUT2D eigenvalue weighted by molar-refractivity contribution is 0.722. The summed E-state index contributed by atoms with van der Waals surface area (Å²) in [5, 5.41) is 0. The number of rotatable bonds is 7. The zero-order valence-electron chi connectivity index (χ0n) is 36.5. The monoisotopic (exact) mass is 886 g/mol. The van der Waals surface area contributed by atoms with Crippen molar-refractivity contribution in [1.29, 1.82) is 0 Å². The van der Waals surface area contributed by atoms with Crippen LogP contribution in [0.25, 0.3) is 90.3 Å². The van der Waals surface area contributed by atoms with E-state index in [1.807, 2.05) is 121 Å². The van der Waals surface area contributed by atoms with Gasteiger partial charge in [-0.15, -0.1) is 0 Å². The highest BCUT2D eigenvalue weighted by Crippen LogP contribution is 2.64. The normalized spacial score (nSPS) is 12.8. The summed E-state index contributed by atoms with van der Waals surface area (Å²) in [7, 11) is 0. The third-order valence-electron chi connectivity index (χ3n) is 13.1. The molecule has 4 aromatic heterocycles. The fourth-order valence-corrected chi connectivity index (χ4v) is 11.4. The highest BCUT2D eigenvalue weighted by atomic mass is 32.2. The predicted octanol–water partition coefficient (Wildman–Crippen LogP) is 14.6. The minimum Gasteiger partial charge on any atom is -0.255 e. The van der Waals surface area contributed by atoms with Gasteiger partial charge in [0.25, 0.3) is 0 Å². The third-order valence-corrected chi connectivity index (χ3v) is 14.3. The second-order valence-electron chi connectivity index (χ2n) is 17.0. The lowest BCUT2D eigenvalue weighted by atomic mass is 9.67. The molecule has 0 saturated carbocycles. The van der Waals surface area contributed by atoms with E-state index in [0.29, 0.717) is 17.5 Å². The fraction of sp³-hybridized carbons (Fsp3) is 0.0164. The molecule has 1 aliphatic carbocycles. The van der Waals surface area contributed by atoms with Crippen molar-refractivity contribution in [3.63, 3.8) is 0 Å². The van der Waals surface area contributed by atoms with Crippen molar-refractivity contribution in [3.8, 4) is 90.3 Å². The summed E-state index contributed by atoms with van der Waals surface area (Å²) in [6.07, 6.45) is 3.65. The lowest BCUT2D eigenvalue weighted by Crippen LogP contribution is -2.31. The van der Waals surface area contributed by atoms with Gasteiger partial charge in [0.1, 0.15) is 0 Å². The first kappa shape index (κ1) is 39.7. The number of fused-ring (bicyclic) bond motifs is 9. The number of hydrogen-bond donors (Lipinski definition) is 0. The van der Waals surface area contributed by atoms with E-state index >= 15 is 0 Å². The van der Waals surface area contributed by atoms with Gasteiger partial charge in [-0.1, -0.05) is 182 Å². The van der Waals surface area contributed by atoms with E-state index in [4.69, 9.17) is 29.9 Å². The van der Waals surface area contributed by atoms with Crippen LogP contribution in [0.1, 0.15) is 22.3 Å². The van der Waals surface area contributed by atoms with Gasteiger partial charge in [0, 0.05) is 38.9 Å². The van der Waals surface area contributed by atoms with E-state index in [1.165, 1.54) is 43.2 Å². The highest BCUT2D eigenvalue weighted by molar-refractivity contribution is 7.99. The Labute approximate surface area is 398 Å². The van der Waals surface area contributed by atoms with Crippen molar-refractivity contribution in [2.75, 3.05) is 0 Å². The van der Waals surface area contributed by atoms with Gasteiger partial charge in [0.2, 0.25) is 0 Å². The molecule has 0 fully saturated rings. The molecule has 0 amide bonds. The van der Waals surface area contributed by atoms with Gasteiger partial charge in [-0.25, -0.2) is 19.9 Å². The van der Waals surface area contributed by atoms with Crippen molar-refractivity contribution in [2.45, 2.75) is 15.2 Å². The summed E-state index contributed by atoms with van der Waals surface area (Å²) in [5.74, 6) is 1.88. The first-order valence-electron chi connectivity index (χ1n) is 22.7. The molecule has 68 heavy (non-hydrogen) atoms. The van der Waals surface area contributed by atoms with Crippen LogP contribution in [0.2, 0.25) is 0 Å². The Hall–Kier alpha value is -8.65. The van der Waals surface area contributed by atoms with Gasteiger partial charge >= 0.3 is 0 Å².